The normalized spacial score (nSPS) is 16.9. The van der Waals surface area contributed by atoms with Gasteiger partial charge in [0.1, 0.15) is 5.69 Å². The summed E-state index contributed by atoms with van der Waals surface area (Å²) in [6.07, 6.45) is 6.73. The minimum atomic E-state index is 0.141. The monoisotopic (exact) mass is 264 g/mol. The van der Waals surface area contributed by atoms with Crippen molar-refractivity contribution in [2.75, 3.05) is 0 Å². The van der Waals surface area contributed by atoms with E-state index in [2.05, 4.69) is 10.2 Å². The lowest BCUT2D eigenvalue weighted by atomic mass is 9.93. The number of fused-ring (bicyclic) bond motifs is 5. The molecular formula is C17H16N2O. The van der Waals surface area contributed by atoms with Gasteiger partial charge in [0.25, 0.3) is 0 Å². The Bertz CT molecular complexity index is 706. The third-order valence-electron chi connectivity index (χ3n) is 4.40. The highest BCUT2D eigenvalue weighted by molar-refractivity contribution is 6.21. The number of benzene rings is 1. The summed E-state index contributed by atoms with van der Waals surface area (Å²) >= 11 is 0. The van der Waals surface area contributed by atoms with E-state index in [-0.39, 0.29) is 5.78 Å². The molecule has 0 atom stereocenters. The Morgan fingerprint density at radius 3 is 2.45 bits per heavy atom. The van der Waals surface area contributed by atoms with Crippen LogP contribution in [0, 0.1) is 0 Å². The van der Waals surface area contributed by atoms with Crippen LogP contribution in [0.2, 0.25) is 0 Å². The van der Waals surface area contributed by atoms with Crippen LogP contribution < -0.4 is 0 Å². The van der Waals surface area contributed by atoms with Gasteiger partial charge in [-0.15, -0.1) is 5.10 Å². The fraction of sp³-hybridized carbons (Fsp3) is 0.353. The van der Waals surface area contributed by atoms with Crippen LogP contribution in [0.5, 0.6) is 0 Å². The van der Waals surface area contributed by atoms with E-state index < -0.39 is 0 Å². The van der Waals surface area contributed by atoms with E-state index in [4.69, 9.17) is 0 Å². The third-order valence-corrected chi connectivity index (χ3v) is 4.40. The zero-order chi connectivity index (χ0) is 13.5. The molecule has 3 heteroatoms. The van der Waals surface area contributed by atoms with Crippen LogP contribution in [0.15, 0.2) is 24.3 Å². The quantitative estimate of drug-likeness (QED) is 0.625. The molecule has 2 aliphatic carbocycles. The Morgan fingerprint density at radius 1 is 0.850 bits per heavy atom. The molecule has 100 valence electrons. The fourth-order valence-corrected chi connectivity index (χ4v) is 3.38. The van der Waals surface area contributed by atoms with Crippen molar-refractivity contribution >= 4 is 5.78 Å². The first kappa shape index (κ1) is 11.8. The van der Waals surface area contributed by atoms with Crippen LogP contribution in [0.4, 0.5) is 0 Å². The van der Waals surface area contributed by atoms with Gasteiger partial charge in [-0.1, -0.05) is 37.1 Å². The first-order valence-electron chi connectivity index (χ1n) is 7.39. The van der Waals surface area contributed by atoms with E-state index in [1.165, 1.54) is 12.8 Å². The summed E-state index contributed by atoms with van der Waals surface area (Å²) in [4.78, 5) is 12.7. The number of ketones is 1. The van der Waals surface area contributed by atoms with Crippen molar-refractivity contribution in [3.63, 3.8) is 0 Å². The van der Waals surface area contributed by atoms with Gasteiger partial charge in [-0.2, -0.15) is 5.10 Å². The predicted octanol–water partition coefficient (Wildman–Crippen LogP) is 3.35. The summed E-state index contributed by atoms with van der Waals surface area (Å²) in [5.74, 6) is 0.141. The minimum absolute atomic E-state index is 0.141. The summed E-state index contributed by atoms with van der Waals surface area (Å²) in [7, 11) is 0. The number of hydrogen-bond acceptors (Lipinski definition) is 3. The van der Waals surface area contributed by atoms with E-state index in [1.807, 2.05) is 24.3 Å². The van der Waals surface area contributed by atoms with E-state index in [0.29, 0.717) is 0 Å². The lowest BCUT2D eigenvalue weighted by Crippen LogP contribution is -2.10. The molecule has 2 aromatic rings. The SMILES string of the molecule is O=C1c2ccccc2-c2nnc3c(c21)CCCCCC3. The second-order valence-electron chi connectivity index (χ2n) is 5.64. The molecule has 0 amide bonds. The van der Waals surface area contributed by atoms with Crippen LogP contribution >= 0.6 is 0 Å². The molecular weight excluding hydrogens is 248 g/mol. The van der Waals surface area contributed by atoms with E-state index in [1.54, 1.807) is 0 Å². The molecule has 0 saturated carbocycles. The van der Waals surface area contributed by atoms with Gasteiger partial charge in [-0.25, -0.2) is 0 Å². The number of nitrogens with zero attached hydrogens (tertiary/aromatic N) is 2. The van der Waals surface area contributed by atoms with Crippen molar-refractivity contribution in [3.05, 3.63) is 46.6 Å². The summed E-state index contributed by atoms with van der Waals surface area (Å²) in [5.41, 5.74) is 5.57. The van der Waals surface area contributed by atoms with Crippen molar-refractivity contribution in [1.29, 1.82) is 0 Å². The number of carbonyl (C=O) groups is 1. The fourth-order valence-electron chi connectivity index (χ4n) is 3.38. The number of aryl methyl sites for hydroxylation is 1. The van der Waals surface area contributed by atoms with Crippen LogP contribution in [0.3, 0.4) is 0 Å². The predicted molar refractivity (Wildman–Crippen MR) is 76.8 cm³/mol. The Balaban J connectivity index is 1.94. The number of carbonyl (C=O) groups excluding carboxylic acids is 1. The van der Waals surface area contributed by atoms with Gasteiger partial charge >= 0.3 is 0 Å². The number of rotatable bonds is 0. The molecule has 0 aliphatic heterocycles. The molecule has 1 aromatic heterocycles. The molecule has 2 aliphatic rings. The molecule has 0 bridgehead atoms. The zero-order valence-electron chi connectivity index (χ0n) is 11.4. The van der Waals surface area contributed by atoms with Crippen LogP contribution in [0.1, 0.15) is 52.9 Å². The summed E-state index contributed by atoms with van der Waals surface area (Å²) in [5, 5.41) is 8.79. The maximum atomic E-state index is 12.7. The van der Waals surface area contributed by atoms with Gasteiger partial charge in [0.15, 0.2) is 5.78 Å². The van der Waals surface area contributed by atoms with Crippen molar-refractivity contribution in [1.82, 2.24) is 10.2 Å². The zero-order valence-corrected chi connectivity index (χ0v) is 11.4. The highest BCUT2D eigenvalue weighted by Crippen LogP contribution is 2.38. The molecule has 0 radical (unpaired) electrons. The largest absolute Gasteiger partial charge is 0.288 e. The first-order chi connectivity index (χ1) is 9.86. The lowest BCUT2D eigenvalue weighted by Gasteiger charge is -2.14. The van der Waals surface area contributed by atoms with Crippen LogP contribution in [0.25, 0.3) is 11.3 Å². The van der Waals surface area contributed by atoms with Gasteiger partial charge in [-0.05, 0) is 31.2 Å². The molecule has 0 fully saturated rings. The molecule has 0 saturated heterocycles. The third kappa shape index (κ3) is 1.62. The van der Waals surface area contributed by atoms with Crippen molar-refractivity contribution in [3.8, 4) is 11.3 Å². The molecule has 4 rings (SSSR count). The molecule has 0 unspecified atom stereocenters. The molecule has 0 spiro atoms. The first-order valence-corrected chi connectivity index (χ1v) is 7.39. The van der Waals surface area contributed by atoms with Crippen LogP contribution in [-0.4, -0.2) is 16.0 Å². The van der Waals surface area contributed by atoms with Crippen molar-refractivity contribution < 1.29 is 4.79 Å². The molecule has 1 heterocycles. The van der Waals surface area contributed by atoms with Crippen LogP contribution in [-0.2, 0) is 12.8 Å². The van der Waals surface area contributed by atoms with Gasteiger partial charge in [0.2, 0.25) is 0 Å². The average molecular weight is 264 g/mol. The standard InChI is InChI=1S/C17H16N2O/c20-17-12-8-6-5-7-11(12)16-15(17)13-9-3-1-2-4-10-14(13)18-19-16/h5-8H,1-4,9-10H2. The highest BCUT2D eigenvalue weighted by atomic mass is 16.1. The maximum absolute atomic E-state index is 12.7. The van der Waals surface area contributed by atoms with Gasteiger partial charge in [0.05, 0.1) is 11.3 Å². The van der Waals surface area contributed by atoms with E-state index >= 15 is 0 Å². The molecule has 20 heavy (non-hydrogen) atoms. The lowest BCUT2D eigenvalue weighted by molar-refractivity contribution is 0.104. The highest BCUT2D eigenvalue weighted by Gasteiger charge is 2.32. The van der Waals surface area contributed by atoms with Gasteiger partial charge in [0, 0.05) is 11.1 Å². The van der Waals surface area contributed by atoms with Gasteiger partial charge in [-0.3, -0.25) is 4.79 Å². The smallest absolute Gasteiger partial charge is 0.196 e. The Morgan fingerprint density at radius 2 is 1.60 bits per heavy atom. The summed E-state index contributed by atoms with van der Waals surface area (Å²) < 4.78 is 0. The van der Waals surface area contributed by atoms with Gasteiger partial charge < -0.3 is 0 Å². The summed E-state index contributed by atoms with van der Waals surface area (Å²) in [6.45, 7) is 0. The minimum Gasteiger partial charge on any atom is -0.288 e. The topological polar surface area (TPSA) is 42.9 Å². The second kappa shape index (κ2) is 4.51. The Labute approximate surface area is 118 Å². The average Bonchev–Trinajstić information content (AvgIpc) is 2.73. The van der Waals surface area contributed by atoms with E-state index in [9.17, 15) is 4.79 Å². The molecule has 1 aromatic carbocycles. The van der Waals surface area contributed by atoms with E-state index in [0.717, 1.165) is 59.3 Å². The van der Waals surface area contributed by atoms with Crippen molar-refractivity contribution in [2.45, 2.75) is 38.5 Å². The summed E-state index contributed by atoms with van der Waals surface area (Å²) in [6, 6.07) is 7.75. The Hall–Kier alpha value is -2.03. The number of hydrogen-bond donors (Lipinski definition) is 0. The number of aromatic nitrogens is 2. The second-order valence-corrected chi connectivity index (χ2v) is 5.64. The Kier molecular flexibility index (Phi) is 2.66. The molecule has 3 nitrogen and oxygen atoms in total. The maximum Gasteiger partial charge on any atom is 0.196 e. The van der Waals surface area contributed by atoms with Crippen molar-refractivity contribution in [2.24, 2.45) is 0 Å². The molecule has 0 N–H and O–H groups in total.